The van der Waals surface area contributed by atoms with Gasteiger partial charge in [0.15, 0.2) is 0 Å². The average molecular weight is 401 g/mol. The van der Waals surface area contributed by atoms with Crippen LogP contribution in [0, 0.1) is 5.92 Å². The zero-order chi connectivity index (χ0) is 20.8. The van der Waals surface area contributed by atoms with E-state index in [0.29, 0.717) is 31.1 Å². The summed E-state index contributed by atoms with van der Waals surface area (Å²) in [5, 5.41) is 5.95. The summed E-state index contributed by atoms with van der Waals surface area (Å²) in [6.45, 7) is 7.16. The Labute approximate surface area is 172 Å². The van der Waals surface area contributed by atoms with E-state index in [1.807, 2.05) is 41.0 Å². The molecule has 0 radical (unpaired) electrons. The first-order valence-electron chi connectivity index (χ1n) is 10.6. The van der Waals surface area contributed by atoms with Crippen LogP contribution in [0.25, 0.3) is 0 Å². The topological polar surface area (TPSA) is 81.8 Å². The van der Waals surface area contributed by atoms with Gasteiger partial charge in [0.2, 0.25) is 5.91 Å². The maximum absolute atomic E-state index is 12.5. The lowest BCUT2D eigenvalue weighted by molar-refractivity contribution is -0.129. The highest BCUT2D eigenvalue weighted by atomic mass is 16.2. The van der Waals surface area contributed by atoms with E-state index in [1.54, 1.807) is 6.92 Å². The Bertz CT molecular complexity index is 726. The van der Waals surface area contributed by atoms with Gasteiger partial charge in [-0.3, -0.25) is 9.59 Å². The molecule has 1 aromatic rings. The highest BCUT2D eigenvalue weighted by Crippen LogP contribution is 2.21. The van der Waals surface area contributed by atoms with Gasteiger partial charge in [0, 0.05) is 51.3 Å². The van der Waals surface area contributed by atoms with E-state index < -0.39 is 0 Å². The molecule has 2 heterocycles. The molecule has 0 bridgehead atoms. The van der Waals surface area contributed by atoms with E-state index >= 15 is 0 Å². The van der Waals surface area contributed by atoms with Gasteiger partial charge < -0.3 is 20.4 Å². The van der Waals surface area contributed by atoms with Crippen molar-refractivity contribution in [3.05, 3.63) is 35.4 Å². The van der Waals surface area contributed by atoms with Crippen LogP contribution >= 0.6 is 0 Å². The van der Waals surface area contributed by atoms with Crippen LogP contribution in [0.4, 0.5) is 4.79 Å². The zero-order valence-corrected chi connectivity index (χ0v) is 17.4. The second kappa shape index (κ2) is 9.76. The highest BCUT2D eigenvalue weighted by Gasteiger charge is 2.26. The Hall–Kier alpha value is -2.57. The number of likely N-dealkylation sites (tertiary alicyclic amines) is 2. The Morgan fingerprint density at radius 1 is 1.00 bits per heavy atom. The Morgan fingerprint density at radius 3 is 2.28 bits per heavy atom. The number of nitrogens with zero attached hydrogens (tertiary/aromatic N) is 2. The summed E-state index contributed by atoms with van der Waals surface area (Å²) in [5.41, 5.74) is 1.86. The largest absolute Gasteiger partial charge is 0.349 e. The summed E-state index contributed by atoms with van der Waals surface area (Å²) in [7, 11) is 0. The van der Waals surface area contributed by atoms with Gasteiger partial charge in [-0.15, -0.1) is 0 Å². The molecule has 3 rings (SSSR count). The van der Waals surface area contributed by atoms with Crippen molar-refractivity contribution < 1.29 is 14.4 Å². The average Bonchev–Trinajstić information content (AvgIpc) is 3.18. The molecule has 2 saturated heterocycles. The fourth-order valence-electron chi connectivity index (χ4n) is 4.18. The molecule has 29 heavy (non-hydrogen) atoms. The Kier molecular flexibility index (Phi) is 7.12. The molecule has 1 atom stereocenters. The van der Waals surface area contributed by atoms with Gasteiger partial charge in [0.1, 0.15) is 0 Å². The second-order valence-electron chi connectivity index (χ2n) is 8.09. The molecule has 1 unspecified atom stereocenters. The van der Waals surface area contributed by atoms with Crippen LogP contribution in [0.5, 0.6) is 0 Å². The van der Waals surface area contributed by atoms with Crippen LogP contribution in [0.2, 0.25) is 0 Å². The van der Waals surface area contributed by atoms with Crippen molar-refractivity contribution in [3.63, 3.8) is 0 Å². The zero-order valence-electron chi connectivity index (χ0n) is 17.4. The molecular formula is C22H32N4O3. The van der Waals surface area contributed by atoms with E-state index in [4.69, 9.17) is 0 Å². The summed E-state index contributed by atoms with van der Waals surface area (Å²) in [4.78, 5) is 39.6. The second-order valence-corrected chi connectivity index (χ2v) is 8.09. The first-order valence-corrected chi connectivity index (χ1v) is 10.6. The van der Waals surface area contributed by atoms with Crippen molar-refractivity contribution in [2.75, 3.05) is 32.7 Å². The third-order valence-corrected chi connectivity index (χ3v) is 5.92. The van der Waals surface area contributed by atoms with Crippen LogP contribution in [0.1, 0.15) is 49.0 Å². The lowest BCUT2D eigenvalue weighted by Gasteiger charge is -2.31. The molecule has 2 N–H and O–H groups in total. The number of urea groups is 1. The summed E-state index contributed by atoms with van der Waals surface area (Å²) >= 11 is 0. The summed E-state index contributed by atoms with van der Waals surface area (Å²) in [6, 6.07) is 7.94. The molecule has 2 aliphatic heterocycles. The maximum atomic E-state index is 12.5. The van der Waals surface area contributed by atoms with Gasteiger partial charge in [-0.1, -0.05) is 12.1 Å². The predicted molar refractivity (Wildman–Crippen MR) is 112 cm³/mol. The Morgan fingerprint density at radius 2 is 1.66 bits per heavy atom. The minimum Gasteiger partial charge on any atom is -0.349 e. The van der Waals surface area contributed by atoms with Crippen molar-refractivity contribution in [1.29, 1.82) is 0 Å². The van der Waals surface area contributed by atoms with Crippen LogP contribution in [0.3, 0.4) is 0 Å². The van der Waals surface area contributed by atoms with Gasteiger partial charge in [-0.2, -0.15) is 0 Å². The van der Waals surface area contributed by atoms with E-state index in [0.717, 1.165) is 38.8 Å². The molecule has 7 heteroatoms. The first-order chi connectivity index (χ1) is 14.0. The van der Waals surface area contributed by atoms with E-state index in [9.17, 15) is 14.4 Å². The van der Waals surface area contributed by atoms with Gasteiger partial charge in [0.05, 0.1) is 0 Å². The molecule has 7 nitrogen and oxygen atoms in total. The van der Waals surface area contributed by atoms with E-state index in [-0.39, 0.29) is 23.9 Å². The predicted octanol–water partition coefficient (Wildman–Crippen LogP) is 2.02. The number of rotatable bonds is 5. The standard InChI is InChI=1S/C22H32N4O3/c1-3-23-22(29)26-11-8-18(15-26)14-17-4-6-19(7-5-17)21(28)24-20-9-12-25(13-10-20)16(2)27/h4-7,18,20H,3,8-15H2,1-2H3,(H,23,29)(H,24,28). The SMILES string of the molecule is CCNC(=O)N1CCC(Cc2ccc(C(=O)NC3CCN(C(C)=O)CC3)cc2)C1. The van der Waals surface area contributed by atoms with Gasteiger partial charge >= 0.3 is 6.03 Å². The maximum Gasteiger partial charge on any atom is 0.317 e. The number of amides is 4. The number of hydrogen-bond donors (Lipinski definition) is 2. The van der Waals surface area contributed by atoms with Crippen molar-refractivity contribution in [2.24, 2.45) is 5.92 Å². The fourth-order valence-corrected chi connectivity index (χ4v) is 4.18. The van der Waals surface area contributed by atoms with Crippen molar-refractivity contribution in [1.82, 2.24) is 20.4 Å². The number of nitrogens with one attached hydrogen (secondary N) is 2. The number of benzene rings is 1. The number of piperidine rings is 1. The summed E-state index contributed by atoms with van der Waals surface area (Å²) in [6.07, 6.45) is 3.53. The molecule has 0 spiro atoms. The van der Waals surface area contributed by atoms with Crippen molar-refractivity contribution >= 4 is 17.8 Å². The molecule has 158 valence electrons. The summed E-state index contributed by atoms with van der Waals surface area (Å²) in [5.74, 6) is 0.506. The monoisotopic (exact) mass is 400 g/mol. The van der Waals surface area contributed by atoms with Crippen molar-refractivity contribution in [2.45, 2.75) is 45.6 Å². The Balaban J connectivity index is 1.46. The normalized spacial score (nSPS) is 19.9. The van der Waals surface area contributed by atoms with Gasteiger partial charge in [0.25, 0.3) is 5.91 Å². The lowest BCUT2D eigenvalue weighted by atomic mass is 9.97. The first kappa shape index (κ1) is 21.1. The quantitative estimate of drug-likeness (QED) is 0.793. The van der Waals surface area contributed by atoms with E-state index in [2.05, 4.69) is 10.6 Å². The third kappa shape index (κ3) is 5.71. The molecule has 2 fully saturated rings. The molecule has 0 aromatic heterocycles. The third-order valence-electron chi connectivity index (χ3n) is 5.92. The summed E-state index contributed by atoms with van der Waals surface area (Å²) < 4.78 is 0. The molecule has 0 saturated carbocycles. The van der Waals surface area contributed by atoms with Crippen molar-refractivity contribution in [3.8, 4) is 0 Å². The molecule has 2 aliphatic rings. The highest BCUT2D eigenvalue weighted by molar-refractivity contribution is 5.94. The molecular weight excluding hydrogens is 368 g/mol. The van der Waals surface area contributed by atoms with E-state index in [1.165, 1.54) is 5.56 Å². The molecule has 1 aromatic carbocycles. The minimum absolute atomic E-state index is 0.0242. The number of hydrogen-bond acceptors (Lipinski definition) is 3. The molecule has 4 amide bonds. The van der Waals surface area contributed by atoms with Crippen LogP contribution in [0.15, 0.2) is 24.3 Å². The number of carbonyl (C=O) groups is 3. The smallest absolute Gasteiger partial charge is 0.317 e. The minimum atomic E-state index is -0.0545. The van der Waals surface area contributed by atoms with Gasteiger partial charge in [-0.25, -0.2) is 4.79 Å². The van der Waals surface area contributed by atoms with Crippen LogP contribution < -0.4 is 10.6 Å². The van der Waals surface area contributed by atoms with Gasteiger partial charge in [-0.05, 0) is 56.2 Å². The lowest BCUT2D eigenvalue weighted by Crippen LogP contribution is -2.45. The van der Waals surface area contributed by atoms with Crippen LogP contribution in [-0.4, -0.2) is 66.4 Å². The number of carbonyl (C=O) groups excluding carboxylic acids is 3. The van der Waals surface area contributed by atoms with Crippen LogP contribution in [-0.2, 0) is 11.2 Å². The molecule has 0 aliphatic carbocycles. The fraction of sp³-hybridized carbons (Fsp3) is 0.591.